The van der Waals surface area contributed by atoms with Crippen LogP contribution in [0.15, 0.2) is 18.5 Å². The lowest BCUT2D eigenvalue weighted by Gasteiger charge is -2.24. The predicted octanol–water partition coefficient (Wildman–Crippen LogP) is 3.93. The minimum atomic E-state index is -0.433. The van der Waals surface area contributed by atoms with Crippen LogP contribution in [0.25, 0.3) is 0 Å². The van der Waals surface area contributed by atoms with Crippen molar-refractivity contribution in [1.29, 1.82) is 5.26 Å². The zero-order chi connectivity index (χ0) is 18.1. The van der Waals surface area contributed by atoms with Gasteiger partial charge >= 0.3 is 0 Å². The Kier molecular flexibility index (Phi) is 4.95. The summed E-state index contributed by atoms with van der Waals surface area (Å²) in [6.07, 6.45) is 3.14. The molecular formula is C17H20ClN5O. The Morgan fingerprint density at radius 2 is 2.08 bits per heavy atom. The third-order valence-corrected chi connectivity index (χ3v) is 3.68. The van der Waals surface area contributed by atoms with Crippen LogP contribution in [0.1, 0.15) is 62.4 Å². The zero-order valence-electron chi connectivity index (χ0n) is 14.4. The summed E-state index contributed by atoms with van der Waals surface area (Å²) in [5.74, 6) is 0.716. The maximum Gasteiger partial charge on any atom is 0.277 e. The Hall–Kier alpha value is -2.39. The van der Waals surface area contributed by atoms with E-state index in [4.69, 9.17) is 16.9 Å². The smallest absolute Gasteiger partial charge is 0.277 e. The van der Waals surface area contributed by atoms with Gasteiger partial charge in [-0.1, -0.05) is 25.4 Å². The van der Waals surface area contributed by atoms with E-state index < -0.39 is 5.91 Å². The fourth-order valence-electron chi connectivity index (χ4n) is 2.17. The van der Waals surface area contributed by atoms with Gasteiger partial charge in [0, 0.05) is 17.7 Å². The van der Waals surface area contributed by atoms with Gasteiger partial charge in [-0.2, -0.15) is 5.26 Å². The zero-order valence-corrected chi connectivity index (χ0v) is 15.1. The number of aromatic nitrogens is 3. The van der Waals surface area contributed by atoms with Gasteiger partial charge in [0.25, 0.3) is 5.91 Å². The summed E-state index contributed by atoms with van der Waals surface area (Å²) in [6, 6.07) is 3.71. The molecule has 6 nitrogen and oxygen atoms in total. The second kappa shape index (κ2) is 6.62. The van der Waals surface area contributed by atoms with Crippen LogP contribution in [0, 0.1) is 11.3 Å². The summed E-state index contributed by atoms with van der Waals surface area (Å²) in [5, 5.41) is 12.1. The predicted molar refractivity (Wildman–Crippen MR) is 93.2 cm³/mol. The van der Waals surface area contributed by atoms with Crippen molar-refractivity contribution in [3.63, 3.8) is 0 Å². The largest absolute Gasteiger partial charge is 0.328 e. The number of hydrogen-bond acceptors (Lipinski definition) is 4. The molecule has 1 N–H and O–H groups in total. The average Bonchev–Trinajstić information content (AvgIpc) is 2.90. The molecule has 2 rings (SSSR count). The third-order valence-electron chi connectivity index (χ3n) is 3.41. The number of carbonyl (C=O) groups excluding carboxylic acids is 1. The fraction of sp³-hybridized carbons (Fsp3) is 0.412. The minimum Gasteiger partial charge on any atom is -0.328 e. The van der Waals surface area contributed by atoms with Crippen LogP contribution in [-0.2, 0) is 5.54 Å². The second-order valence-electron chi connectivity index (χ2n) is 6.80. The Morgan fingerprint density at radius 3 is 2.62 bits per heavy atom. The summed E-state index contributed by atoms with van der Waals surface area (Å²) in [7, 11) is 0. The summed E-state index contributed by atoms with van der Waals surface area (Å²) in [5.41, 5.74) is 0.295. The molecule has 0 aliphatic heterocycles. The summed E-state index contributed by atoms with van der Waals surface area (Å²) in [6.45, 7) is 9.83. The molecule has 1 amide bonds. The van der Waals surface area contributed by atoms with Gasteiger partial charge in [0.05, 0.1) is 16.8 Å². The van der Waals surface area contributed by atoms with Crippen LogP contribution < -0.4 is 5.32 Å². The van der Waals surface area contributed by atoms with Gasteiger partial charge in [-0.25, -0.2) is 9.97 Å². The normalized spacial score (nSPS) is 11.4. The van der Waals surface area contributed by atoms with Crippen LogP contribution in [0.3, 0.4) is 0 Å². The Labute approximate surface area is 146 Å². The molecule has 0 saturated heterocycles. The van der Waals surface area contributed by atoms with E-state index in [2.05, 4.69) is 21.4 Å². The number of anilines is 1. The monoisotopic (exact) mass is 345 g/mol. The summed E-state index contributed by atoms with van der Waals surface area (Å²) >= 11 is 6.08. The third kappa shape index (κ3) is 3.74. The number of hydrogen-bond donors (Lipinski definition) is 1. The van der Waals surface area contributed by atoms with Crippen molar-refractivity contribution in [1.82, 2.24) is 14.5 Å². The van der Waals surface area contributed by atoms with E-state index in [9.17, 15) is 4.79 Å². The first-order chi connectivity index (χ1) is 11.1. The molecule has 7 heteroatoms. The minimum absolute atomic E-state index is 0.0810. The van der Waals surface area contributed by atoms with E-state index in [-0.39, 0.29) is 22.2 Å². The molecule has 0 saturated carbocycles. The van der Waals surface area contributed by atoms with Crippen molar-refractivity contribution >= 4 is 23.3 Å². The number of rotatable bonds is 3. The van der Waals surface area contributed by atoms with Gasteiger partial charge in [-0.15, -0.1) is 0 Å². The molecule has 0 atom stereocenters. The number of nitrogens with one attached hydrogen (secondary N) is 1. The van der Waals surface area contributed by atoms with Crippen LogP contribution in [0.2, 0.25) is 5.02 Å². The van der Waals surface area contributed by atoms with Crippen LogP contribution in [-0.4, -0.2) is 20.4 Å². The van der Waals surface area contributed by atoms with Crippen LogP contribution >= 0.6 is 11.6 Å². The quantitative estimate of drug-likeness (QED) is 0.913. The molecule has 2 aromatic heterocycles. The summed E-state index contributed by atoms with van der Waals surface area (Å²) < 4.78 is 1.84. The van der Waals surface area contributed by atoms with Crippen molar-refractivity contribution < 1.29 is 4.79 Å². The van der Waals surface area contributed by atoms with E-state index in [0.29, 0.717) is 17.2 Å². The van der Waals surface area contributed by atoms with Crippen molar-refractivity contribution in [2.45, 2.75) is 46.1 Å². The Bertz CT molecular complexity index is 811. The number of nitrogens with zero attached hydrogens (tertiary/aromatic N) is 4. The lowest BCUT2D eigenvalue weighted by molar-refractivity contribution is 0.102. The SMILES string of the molecule is CC(C)c1ncc(Cl)c(C(=O)Nc2cc(C#N)cn2C(C)(C)C)n1. The van der Waals surface area contributed by atoms with Gasteiger partial charge < -0.3 is 9.88 Å². The fourth-order valence-corrected chi connectivity index (χ4v) is 2.35. The first kappa shape index (κ1) is 18.0. The highest BCUT2D eigenvalue weighted by molar-refractivity contribution is 6.33. The molecule has 0 bridgehead atoms. The number of amides is 1. The van der Waals surface area contributed by atoms with E-state index in [1.807, 2.05) is 39.2 Å². The molecule has 126 valence electrons. The van der Waals surface area contributed by atoms with Crippen molar-refractivity contribution in [2.24, 2.45) is 0 Å². The van der Waals surface area contributed by atoms with Gasteiger partial charge in [0.1, 0.15) is 17.7 Å². The van der Waals surface area contributed by atoms with E-state index >= 15 is 0 Å². The lowest BCUT2D eigenvalue weighted by Crippen LogP contribution is -2.25. The molecule has 0 radical (unpaired) electrons. The van der Waals surface area contributed by atoms with Crippen molar-refractivity contribution in [3.8, 4) is 6.07 Å². The maximum absolute atomic E-state index is 12.6. The molecular weight excluding hydrogens is 326 g/mol. The molecule has 2 heterocycles. The van der Waals surface area contributed by atoms with Crippen molar-refractivity contribution in [2.75, 3.05) is 5.32 Å². The highest BCUT2D eigenvalue weighted by Gasteiger charge is 2.21. The Morgan fingerprint density at radius 1 is 1.42 bits per heavy atom. The summed E-state index contributed by atoms with van der Waals surface area (Å²) in [4.78, 5) is 21.0. The number of halogens is 1. The maximum atomic E-state index is 12.6. The molecule has 2 aromatic rings. The topological polar surface area (TPSA) is 83.6 Å². The molecule has 24 heavy (non-hydrogen) atoms. The molecule has 0 unspecified atom stereocenters. The number of carbonyl (C=O) groups is 1. The number of nitriles is 1. The molecule has 0 fully saturated rings. The first-order valence-corrected chi connectivity index (χ1v) is 7.98. The lowest BCUT2D eigenvalue weighted by atomic mass is 10.1. The molecule has 0 spiro atoms. The molecule has 0 aliphatic rings. The van der Waals surface area contributed by atoms with Crippen molar-refractivity contribution in [3.05, 3.63) is 40.6 Å². The van der Waals surface area contributed by atoms with E-state index in [0.717, 1.165) is 0 Å². The highest BCUT2D eigenvalue weighted by Crippen LogP contribution is 2.25. The van der Waals surface area contributed by atoms with E-state index in [1.165, 1.54) is 6.20 Å². The second-order valence-corrected chi connectivity index (χ2v) is 7.21. The molecule has 0 aromatic carbocycles. The van der Waals surface area contributed by atoms with E-state index in [1.54, 1.807) is 12.3 Å². The standard InChI is InChI=1S/C17H20ClN5O/c1-10(2)15-20-8-12(18)14(22-15)16(24)21-13-6-11(7-19)9-23(13)17(3,4)5/h6,8-10H,1-5H3,(H,21,24). The van der Waals surface area contributed by atoms with Crippen LogP contribution in [0.4, 0.5) is 5.82 Å². The van der Waals surface area contributed by atoms with Gasteiger partial charge in [-0.3, -0.25) is 4.79 Å². The molecule has 0 aliphatic carbocycles. The highest BCUT2D eigenvalue weighted by atomic mass is 35.5. The van der Waals surface area contributed by atoms with Crippen LogP contribution in [0.5, 0.6) is 0 Å². The Balaban J connectivity index is 2.39. The van der Waals surface area contributed by atoms with Gasteiger partial charge in [0.15, 0.2) is 5.69 Å². The average molecular weight is 346 g/mol. The van der Waals surface area contributed by atoms with Gasteiger partial charge in [0.2, 0.25) is 0 Å². The first-order valence-electron chi connectivity index (χ1n) is 7.60. The van der Waals surface area contributed by atoms with Gasteiger partial charge in [-0.05, 0) is 26.8 Å².